The summed E-state index contributed by atoms with van der Waals surface area (Å²) in [5.41, 5.74) is 0.444. The zero-order chi connectivity index (χ0) is 15.4. The van der Waals surface area contributed by atoms with Crippen LogP contribution in [0.25, 0.3) is 0 Å². The van der Waals surface area contributed by atoms with E-state index in [2.05, 4.69) is 4.98 Å². The monoisotopic (exact) mass is 290 g/mol. The van der Waals surface area contributed by atoms with Crippen LogP contribution in [0.4, 0.5) is 5.69 Å². The first-order valence-electron chi connectivity index (χ1n) is 6.15. The van der Waals surface area contributed by atoms with Gasteiger partial charge in [0, 0.05) is 24.4 Å². The molecule has 0 bridgehead atoms. The van der Waals surface area contributed by atoms with Crippen molar-refractivity contribution in [3.8, 4) is 17.4 Å². The van der Waals surface area contributed by atoms with E-state index in [1.807, 2.05) is 0 Å². The number of aliphatic hydroxyl groups excluding tert-OH is 1. The molecule has 0 fully saturated rings. The van der Waals surface area contributed by atoms with Crippen molar-refractivity contribution in [2.45, 2.75) is 13.0 Å². The zero-order valence-electron chi connectivity index (χ0n) is 11.5. The van der Waals surface area contributed by atoms with Gasteiger partial charge in [-0.3, -0.25) is 10.1 Å². The predicted molar refractivity (Wildman–Crippen MR) is 74.6 cm³/mol. The zero-order valence-corrected chi connectivity index (χ0v) is 11.5. The Hall–Kier alpha value is -2.67. The van der Waals surface area contributed by atoms with Gasteiger partial charge < -0.3 is 14.6 Å². The van der Waals surface area contributed by atoms with Gasteiger partial charge in [0.25, 0.3) is 0 Å². The summed E-state index contributed by atoms with van der Waals surface area (Å²) in [6, 6.07) is 7.37. The minimum atomic E-state index is -0.641. The van der Waals surface area contributed by atoms with Crippen molar-refractivity contribution >= 4 is 5.69 Å². The Morgan fingerprint density at radius 1 is 1.33 bits per heavy atom. The van der Waals surface area contributed by atoms with E-state index in [0.29, 0.717) is 11.3 Å². The number of methoxy groups -OCH3 is 1. The first-order chi connectivity index (χ1) is 10.0. The quantitative estimate of drug-likeness (QED) is 0.672. The van der Waals surface area contributed by atoms with Gasteiger partial charge >= 0.3 is 5.69 Å². The molecular weight excluding hydrogens is 276 g/mol. The SMILES string of the molecule is COc1ccc([N+](=O)[O-])c(Oc2ccc([C@H](C)O)cn2)c1. The molecule has 1 N–H and O–H groups in total. The summed E-state index contributed by atoms with van der Waals surface area (Å²) >= 11 is 0. The Labute approximate surface area is 120 Å². The molecule has 1 aromatic heterocycles. The molecule has 0 spiro atoms. The molecule has 0 radical (unpaired) electrons. The van der Waals surface area contributed by atoms with Crippen LogP contribution < -0.4 is 9.47 Å². The van der Waals surface area contributed by atoms with E-state index in [1.165, 1.54) is 37.6 Å². The second-order valence-corrected chi connectivity index (χ2v) is 4.30. The molecule has 1 aromatic carbocycles. The third-order valence-corrected chi connectivity index (χ3v) is 2.82. The molecule has 1 heterocycles. The number of aromatic nitrogens is 1. The number of benzene rings is 1. The summed E-state index contributed by atoms with van der Waals surface area (Å²) in [7, 11) is 1.46. The minimum absolute atomic E-state index is 0.0386. The molecular formula is C14H14N2O5. The maximum atomic E-state index is 11.0. The molecule has 21 heavy (non-hydrogen) atoms. The molecule has 0 aliphatic carbocycles. The number of nitrogens with zero attached hydrogens (tertiary/aromatic N) is 2. The van der Waals surface area contributed by atoms with E-state index in [0.717, 1.165) is 0 Å². The van der Waals surface area contributed by atoms with E-state index in [1.54, 1.807) is 13.0 Å². The number of hydrogen-bond donors (Lipinski definition) is 1. The molecule has 110 valence electrons. The van der Waals surface area contributed by atoms with Gasteiger partial charge in [0.15, 0.2) is 0 Å². The average Bonchev–Trinajstić information content (AvgIpc) is 2.47. The normalized spacial score (nSPS) is 11.8. The van der Waals surface area contributed by atoms with E-state index in [-0.39, 0.29) is 17.3 Å². The first kappa shape index (κ1) is 14.7. The number of nitro benzene ring substituents is 1. The van der Waals surface area contributed by atoms with Crippen molar-refractivity contribution in [1.82, 2.24) is 4.98 Å². The highest BCUT2D eigenvalue weighted by atomic mass is 16.6. The maximum absolute atomic E-state index is 11.0. The summed E-state index contributed by atoms with van der Waals surface area (Å²) in [6.45, 7) is 1.62. The third kappa shape index (κ3) is 3.46. The summed E-state index contributed by atoms with van der Waals surface area (Å²) in [5.74, 6) is 0.670. The largest absolute Gasteiger partial charge is 0.497 e. The fraction of sp³-hybridized carbons (Fsp3) is 0.214. The lowest BCUT2D eigenvalue weighted by Crippen LogP contribution is -1.97. The number of rotatable bonds is 5. The van der Waals surface area contributed by atoms with Crippen molar-refractivity contribution < 1.29 is 19.5 Å². The Kier molecular flexibility index (Phi) is 4.34. The second-order valence-electron chi connectivity index (χ2n) is 4.30. The standard InChI is InChI=1S/C14H14N2O5/c1-9(17)10-3-6-14(15-8-10)21-13-7-11(20-2)4-5-12(13)16(18)19/h3-9,17H,1-2H3/t9-/m0/s1. The maximum Gasteiger partial charge on any atom is 0.311 e. The third-order valence-electron chi connectivity index (χ3n) is 2.82. The van der Waals surface area contributed by atoms with Crippen LogP contribution in [0.2, 0.25) is 0 Å². The van der Waals surface area contributed by atoms with Crippen molar-refractivity contribution in [2.24, 2.45) is 0 Å². The highest BCUT2D eigenvalue weighted by Gasteiger charge is 2.17. The van der Waals surface area contributed by atoms with Crippen molar-refractivity contribution in [3.05, 3.63) is 52.2 Å². The number of hydrogen-bond acceptors (Lipinski definition) is 6. The van der Waals surface area contributed by atoms with Crippen LogP contribution in [0.1, 0.15) is 18.6 Å². The fourth-order valence-corrected chi connectivity index (χ4v) is 1.67. The molecule has 0 saturated carbocycles. The van der Waals surface area contributed by atoms with Gasteiger partial charge in [-0.25, -0.2) is 4.98 Å². The van der Waals surface area contributed by atoms with Crippen LogP contribution >= 0.6 is 0 Å². The van der Waals surface area contributed by atoms with Gasteiger partial charge in [-0.15, -0.1) is 0 Å². The Bertz CT molecular complexity index is 640. The molecule has 0 amide bonds. The molecule has 0 unspecified atom stereocenters. The van der Waals surface area contributed by atoms with E-state index >= 15 is 0 Å². The number of ether oxygens (including phenoxy) is 2. The Morgan fingerprint density at radius 2 is 2.10 bits per heavy atom. The Morgan fingerprint density at radius 3 is 2.62 bits per heavy atom. The summed E-state index contributed by atoms with van der Waals surface area (Å²) < 4.78 is 10.5. The fourth-order valence-electron chi connectivity index (χ4n) is 1.67. The lowest BCUT2D eigenvalue weighted by Gasteiger charge is -2.08. The van der Waals surface area contributed by atoms with E-state index in [9.17, 15) is 15.2 Å². The van der Waals surface area contributed by atoms with Crippen molar-refractivity contribution in [1.29, 1.82) is 0 Å². The van der Waals surface area contributed by atoms with Crippen LogP contribution in [0.5, 0.6) is 17.4 Å². The van der Waals surface area contributed by atoms with Crippen LogP contribution in [-0.4, -0.2) is 22.1 Å². The molecule has 7 nitrogen and oxygen atoms in total. The first-order valence-corrected chi connectivity index (χ1v) is 6.15. The molecule has 0 saturated heterocycles. The van der Waals surface area contributed by atoms with Crippen LogP contribution in [0, 0.1) is 10.1 Å². The molecule has 2 aromatic rings. The summed E-state index contributed by atoms with van der Waals surface area (Å²) in [4.78, 5) is 14.4. The predicted octanol–water partition coefficient (Wildman–Crippen LogP) is 2.84. The molecule has 7 heteroatoms. The number of aliphatic hydroxyl groups is 1. The summed E-state index contributed by atoms with van der Waals surface area (Å²) in [5, 5.41) is 20.4. The van der Waals surface area contributed by atoms with Crippen molar-refractivity contribution in [2.75, 3.05) is 7.11 Å². The van der Waals surface area contributed by atoms with Crippen LogP contribution in [0.15, 0.2) is 36.5 Å². The van der Waals surface area contributed by atoms with Crippen LogP contribution in [-0.2, 0) is 0 Å². The lowest BCUT2D eigenvalue weighted by atomic mass is 10.2. The second kappa shape index (κ2) is 6.19. The summed E-state index contributed by atoms with van der Waals surface area (Å²) in [6.07, 6.45) is 0.809. The molecule has 0 aliphatic rings. The smallest absolute Gasteiger partial charge is 0.311 e. The van der Waals surface area contributed by atoms with Gasteiger partial charge in [0.2, 0.25) is 11.6 Å². The van der Waals surface area contributed by atoms with Gasteiger partial charge in [0.1, 0.15) is 5.75 Å². The van der Waals surface area contributed by atoms with Gasteiger partial charge in [0.05, 0.1) is 18.1 Å². The highest BCUT2D eigenvalue weighted by Crippen LogP contribution is 2.34. The molecule has 2 rings (SSSR count). The highest BCUT2D eigenvalue weighted by molar-refractivity contribution is 5.51. The Balaban J connectivity index is 2.31. The number of pyridine rings is 1. The average molecular weight is 290 g/mol. The van der Waals surface area contributed by atoms with Crippen LogP contribution in [0.3, 0.4) is 0 Å². The van der Waals surface area contributed by atoms with Gasteiger partial charge in [-0.1, -0.05) is 0 Å². The molecule has 1 atom stereocenters. The number of nitro groups is 1. The minimum Gasteiger partial charge on any atom is -0.497 e. The van der Waals surface area contributed by atoms with Gasteiger partial charge in [-0.2, -0.15) is 0 Å². The van der Waals surface area contributed by atoms with E-state index < -0.39 is 11.0 Å². The lowest BCUT2D eigenvalue weighted by molar-refractivity contribution is -0.385. The van der Waals surface area contributed by atoms with Gasteiger partial charge in [-0.05, 0) is 24.6 Å². The molecule has 0 aliphatic heterocycles. The van der Waals surface area contributed by atoms with E-state index in [4.69, 9.17) is 9.47 Å². The van der Waals surface area contributed by atoms with Crippen molar-refractivity contribution in [3.63, 3.8) is 0 Å². The topological polar surface area (TPSA) is 94.7 Å².